The Morgan fingerprint density at radius 3 is 2.66 bits per heavy atom. The van der Waals surface area contributed by atoms with E-state index in [4.69, 9.17) is 0 Å². The maximum Gasteiger partial charge on any atom is 0.258 e. The van der Waals surface area contributed by atoms with Gasteiger partial charge in [0.15, 0.2) is 0 Å². The number of carbonyl (C=O) groups excluding carboxylic acids is 1. The van der Waals surface area contributed by atoms with E-state index in [2.05, 4.69) is 19.3 Å². The summed E-state index contributed by atoms with van der Waals surface area (Å²) in [5.41, 5.74) is 1.03. The van der Waals surface area contributed by atoms with Crippen molar-refractivity contribution in [2.75, 3.05) is 38.5 Å². The Morgan fingerprint density at radius 2 is 1.84 bits per heavy atom. The molecule has 0 bridgehead atoms. The van der Waals surface area contributed by atoms with E-state index in [0.29, 0.717) is 60.9 Å². The third-order valence-electron chi connectivity index (χ3n) is 5.77. The summed E-state index contributed by atoms with van der Waals surface area (Å²) in [6.45, 7) is 3.22. The quantitative estimate of drug-likeness (QED) is 0.697. The summed E-state index contributed by atoms with van der Waals surface area (Å²) in [5.74, 6) is 0.796. The lowest BCUT2D eigenvalue weighted by Gasteiger charge is -2.35. The number of amidine groups is 1. The molecule has 1 N–H and O–H groups in total. The lowest BCUT2D eigenvalue weighted by Crippen LogP contribution is -2.49. The van der Waals surface area contributed by atoms with Crippen LogP contribution in [0.4, 0.5) is 0 Å². The van der Waals surface area contributed by atoms with Crippen LogP contribution in [-0.2, 0) is 21.4 Å². The number of aromatic nitrogens is 2. The summed E-state index contributed by atoms with van der Waals surface area (Å²) in [6.07, 6.45) is 4.86. The van der Waals surface area contributed by atoms with E-state index in [1.807, 2.05) is 18.2 Å². The normalized spacial score (nSPS) is 20.6. The molecule has 10 nitrogen and oxygen atoms in total. The third-order valence-corrected chi connectivity index (χ3v) is 6.93. The standard InChI is InChI=1S/C21H22N6O4S/c28-20-16-3-1-2-4-17(16)22-18(23-20)14-25-7-9-26(10-8-25)21(29)15-5-6-19-24-32(30,31)12-11-27(19)13-15/h1-6,13H,7-12,14H2,(H,22,23,28). The summed E-state index contributed by atoms with van der Waals surface area (Å²) in [7, 11) is -3.42. The highest BCUT2D eigenvalue weighted by Gasteiger charge is 2.28. The van der Waals surface area contributed by atoms with Gasteiger partial charge in [-0.3, -0.25) is 14.5 Å². The first-order chi connectivity index (χ1) is 15.4. The zero-order valence-electron chi connectivity index (χ0n) is 17.3. The summed E-state index contributed by atoms with van der Waals surface area (Å²) in [5, 5.41) is 0.569. The highest BCUT2D eigenvalue weighted by Crippen LogP contribution is 2.18. The van der Waals surface area contributed by atoms with Crippen molar-refractivity contribution < 1.29 is 13.2 Å². The number of aromatic amines is 1. The second kappa shape index (κ2) is 7.99. The lowest BCUT2D eigenvalue weighted by molar-refractivity contribution is -0.128. The number of benzene rings is 1. The third kappa shape index (κ3) is 4.08. The van der Waals surface area contributed by atoms with Gasteiger partial charge >= 0.3 is 0 Å². The van der Waals surface area contributed by atoms with Gasteiger partial charge in [-0.25, -0.2) is 13.4 Å². The number of rotatable bonds is 3. The SMILES string of the molecule is O=C(C1=CN2CCS(=O)(=O)N=C2C=C1)N1CCN(Cc2nc3ccccc3c(=O)[nH]2)CC1. The Morgan fingerprint density at radius 1 is 1.06 bits per heavy atom. The zero-order chi connectivity index (χ0) is 22.3. The van der Waals surface area contributed by atoms with Crippen LogP contribution in [0.25, 0.3) is 10.9 Å². The number of amides is 1. The molecule has 0 radical (unpaired) electrons. The molecule has 1 aromatic heterocycles. The molecule has 166 valence electrons. The molecule has 0 atom stereocenters. The van der Waals surface area contributed by atoms with Crippen LogP contribution in [0.5, 0.6) is 0 Å². The molecular formula is C21H22N6O4S. The molecule has 3 aliphatic rings. The number of para-hydroxylation sites is 1. The van der Waals surface area contributed by atoms with Crippen molar-refractivity contribution in [2.24, 2.45) is 4.40 Å². The topological polar surface area (TPSA) is 119 Å². The molecule has 4 heterocycles. The molecule has 3 aliphatic heterocycles. The van der Waals surface area contributed by atoms with E-state index >= 15 is 0 Å². The van der Waals surface area contributed by atoms with Gasteiger partial charge in [0.2, 0.25) is 0 Å². The number of H-pyrrole nitrogens is 1. The van der Waals surface area contributed by atoms with Gasteiger partial charge in [-0.1, -0.05) is 12.1 Å². The van der Waals surface area contributed by atoms with Crippen molar-refractivity contribution >= 4 is 32.7 Å². The molecular weight excluding hydrogens is 432 g/mol. The van der Waals surface area contributed by atoms with Crippen molar-refractivity contribution in [3.05, 3.63) is 64.4 Å². The van der Waals surface area contributed by atoms with Gasteiger partial charge in [0, 0.05) is 38.9 Å². The van der Waals surface area contributed by atoms with Gasteiger partial charge in [-0.2, -0.15) is 0 Å². The molecule has 11 heteroatoms. The Labute approximate surface area is 184 Å². The summed E-state index contributed by atoms with van der Waals surface area (Å²) < 4.78 is 27.0. The number of fused-ring (bicyclic) bond motifs is 2. The van der Waals surface area contributed by atoms with E-state index in [1.165, 1.54) is 0 Å². The minimum absolute atomic E-state index is 0.0636. The molecule has 0 unspecified atom stereocenters. The number of nitrogens with zero attached hydrogens (tertiary/aromatic N) is 5. The van der Waals surface area contributed by atoms with E-state index in [1.54, 1.807) is 34.2 Å². The zero-order valence-corrected chi connectivity index (χ0v) is 18.1. The van der Waals surface area contributed by atoms with Gasteiger partial charge in [0.1, 0.15) is 11.7 Å². The smallest absolute Gasteiger partial charge is 0.258 e. The summed E-state index contributed by atoms with van der Waals surface area (Å²) >= 11 is 0. The summed E-state index contributed by atoms with van der Waals surface area (Å²) in [4.78, 5) is 38.3. The minimum Gasteiger partial charge on any atom is -0.336 e. The fourth-order valence-electron chi connectivity index (χ4n) is 4.04. The molecule has 2 aromatic rings. The van der Waals surface area contributed by atoms with Gasteiger partial charge < -0.3 is 14.8 Å². The van der Waals surface area contributed by atoms with Crippen LogP contribution in [0.2, 0.25) is 0 Å². The first-order valence-electron chi connectivity index (χ1n) is 10.4. The monoisotopic (exact) mass is 454 g/mol. The van der Waals surface area contributed by atoms with Crippen molar-refractivity contribution in [1.82, 2.24) is 24.7 Å². The highest BCUT2D eigenvalue weighted by molar-refractivity contribution is 7.90. The average Bonchev–Trinajstić information content (AvgIpc) is 2.78. The van der Waals surface area contributed by atoms with E-state index < -0.39 is 10.0 Å². The van der Waals surface area contributed by atoms with Crippen LogP contribution in [0.1, 0.15) is 5.82 Å². The Kier molecular flexibility index (Phi) is 5.14. The number of hydrogen-bond donors (Lipinski definition) is 1. The predicted octanol–water partition coefficient (Wildman–Crippen LogP) is 0.0649. The van der Waals surface area contributed by atoms with Gasteiger partial charge in [0.25, 0.3) is 21.5 Å². The Hall–Kier alpha value is -3.31. The van der Waals surface area contributed by atoms with Gasteiger partial charge in [0.05, 0.1) is 28.8 Å². The molecule has 0 saturated carbocycles. The van der Waals surface area contributed by atoms with Gasteiger partial charge in [-0.05, 0) is 24.3 Å². The van der Waals surface area contributed by atoms with Crippen LogP contribution in [-0.4, -0.2) is 83.3 Å². The molecule has 5 rings (SSSR count). The number of hydrogen-bond acceptors (Lipinski definition) is 7. The van der Waals surface area contributed by atoms with E-state index in [-0.39, 0.29) is 23.8 Å². The minimum atomic E-state index is -3.42. The molecule has 1 aromatic carbocycles. The number of nitrogens with one attached hydrogen (secondary N) is 1. The van der Waals surface area contributed by atoms with Gasteiger partial charge in [-0.15, -0.1) is 4.40 Å². The largest absolute Gasteiger partial charge is 0.336 e. The first-order valence-corrected chi connectivity index (χ1v) is 12.0. The Bertz CT molecular complexity index is 1340. The maximum absolute atomic E-state index is 13.0. The van der Waals surface area contributed by atoms with Crippen LogP contribution in [0.15, 0.2) is 57.4 Å². The first kappa shape index (κ1) is 20.6. The van der Waals surface area contributed by atoms with Crippen molar-refractivity contribution in [2.45, 2.75) is 6.54 Å². The average molecular weight is 455 g/mol. The van der Waals surface area contributed by atoms with Crippen molar-refractivity contribution in [3.8, 4) is 0 Å². The fourth-order valence-corrected chi connectivity index (χ4v) is 5.01. The number of piperazine rings is 1. The second-order valence-corrected chi connectivity index (χ2v) is 9.70. The molecule has 1 saturated heterocycles. The molecule has 1 fully saturated rings. The van der Waals surface area contributed by atoms with Crippen LogP contribution >= 0.6 is 0 Å². The van der Waals surface area contributed by atoms with E-state index in [0.717, 1.165) is 0 Å². The molecule has 32 heavy (non-hydrogen) atoms. The number of carbonyl (C=O) groups is 1. The number of sulfonamides is 1. The molecule has 0 spiro atoms. The van der Waals surface area contributed by atoms with Crippen molar-refractivity contribution in [3.63, 3.8) is 0 Å². The van der Waals surface area contributed by atoms with Crippen LogP contribution < -0.4 is 5.56 Å². The van der Waals surface area contributed by atoms with Crippen molar-refractivity contribution in [1.29, 1.82) is 0 Å². The van der Waals surface area contributed by atoms with E-state index in [9.17, 15) is 18.0 Å². The van der Waals surface area contributed by atoms with Crippen LogP contribution in [0.3, 0.4) is 0 Å². The molecule has 0 aliphatic carbocycles. The predicted molar refractivity (Wildman–Crippen MR) is 119 cm³/mol. The Balaban J connectivity index is 1.22. The summed E-state index contributed by atoms with van der Waals surface area (Å²) in [6, 6.07) is 7.24. The highest BCUT2D eigenvalue weighted by atomic mass is 32.2. The molecule has 1 amide bonds. The second-order valence-electron chi connectivity index (χ2n) is 7.94. The maximum atomic E-state index is 13.0. The van der Waals surface area contributed by atoms with Crippen LogP contribution in [0, 0.1) is 0 Å². The lowest BCUT2D eigenvalue weighted by atomic mass is 10.1. The fraction of sp³-hybridized carbons (Fsp3) is 0.333.